The van der Waals surface area contributed by atoms with Crippen LogP contribution in [0.3, 0.4) is 0 Å². The fourth-order valence-corrected chi connectivity index (χ4v) is 4.94. The van der Waals surface area contributed by atoms with Crippen LogP contribution < -0.4 is 4.90 Å². The highest BCUT2D eigenvalue weighted by Crippen LogP contribution is 2.23. The van der Waals surface area contributed by atoms with E-state index in [-0.39, 0.29) is 12.1 Å². The van der Waals surface area contributed by atoms with Crippen LogP contribution in [0.1, 0.15) is 90.3 Å². The van der Waals surface area contributed by atoms with Crippen LogP contribution in [0.25, 0.3) is 11.0 Å². The Labute approximate surface area is 222 Å². The normalized spacial score (nSPS) is 12.3. The third-order valence-corrected chi connectivity index (χ3v) is 6.95. The fourth-order valence-electron chi connectivity index (χ4n) is 4.53. The minimum atomic E-state index is -0.101. The summed E-state index contributed by atoms with van der Waals surface area (Å²) in [6.45, 7) is 5.76. The molecule has 0 aliphatic carbocycles. The molecule has 0 spiro atoms. The average molecular weight is 527 g/mol. The molecular formula is C28H45Cl2N3O2. The Kier molecular flexibility index (Phi) is 14.5. The quantitative estimate of drug-likeness (QED) is 0.107. The van der Waals surface area contributed by atoms with Gasteiger partial charge in [0.05, 0.1) is 17.1 Å². The Morgan fingerprint density at radius 1 is 1.03 bits per heavy atom. The van der Waals surface area contributed by atoms with Gasteiger partial charge in [0.15, 0.2) is 0 Å². The topological polar surface area (TPSA) is 47.4 Å². The third kappa shape index (κ3) is 10.6. The number of carbonyl (C=O) groups excluding carboxylic acids is 1. The predicted octanol–water partition coefficient (Wildman–Crippen LogP) is 7.64. The SMILES string of the molecule is CCCCCCCCCCC(C)OC(=O)CCCc1nc2cc(N(CCCl)CCCl)ccc2n1C. The number of carbonyl (C=O) groups is 1. The lowest BCUT2D eigenvalue weighted by atomic mass is 10.1. The highest BCUT2D eigenvalue weighted by atomic mass is 35.5. The van der Waals surface area contributed by atoms with Crippen LogP contribution in [-0.2, 0) is 23.0 Å². The number of aromatic nitrogens is 2. The van der Waals surface area contributed by atoms with E-state index in [2.05, 4.69) is 34.6 Å². The molecule has 1 aromatic carbocycles. The fraction of sp³-hybridized carbons (Fsp3) is 0.714. The molecule has 1 unspecified atom stereocenters. The second kappa shape index (κ2) is 17.1. The Morgan fingerprint density at radius 2 is 1.69 bits per heavy atom. The van der Waals surface area contributed by atoms with E-state index in [1.165, 1.54) is 44.9 Å². The molecule has 0 radical (unpaired) electrons. The zero-order valence-corrected chi connectivity index (χ0v) is 23.5. The first kappa shape index (κ1) is 29.8. The predicted molar refractivity (Wildman–Crippen MR) is 150 cm³/mol. The summed E-state index contributed by atoms with van der Waals surface area (Å²) in [5.74, 6) is 1.99. The third-order valence-electron chi connectivity index (χ3n) is 6.61. The minimum Gasteiger partial charge on any atom is -0.463 e. The Morgan fingerprint density at radius 3 is 2.34 bits per heavy atom. The molecule has 0 N–H and O–H groups in total. The molecule has 0 fully saturated rings. The van der Waals surface area contributed by atoms with Gasteiger partial charge in [-0.3, -0.25) is 4.79 Å². The second-order valence-corrected chi connectivity index (χ2v) is 10.3. The van der Waals surface area contributed by atoms with Crippen LogP contribution in [0.4, 0.5) is 5.69 Å². The summed E-state index contributed by atoms with van der Waals surface area (Å²) in [4.78, 5) is 19.3. The van der Waals surface area contributed by atoms with Gasteiger partial charge in [0.25, 0.3) is 0 Å². The number of rotatable bonds is 19. The molecule has 2 aromatic rings. The van der Waals surface area contributed by atoms with Crippen LogP contribution in [-0.4, -0.2) is 46.5 Å². The molecule has 0 saturated heterocycles. The molecule has 0 saturated carbocycles. The van der Waals surface area contributed by atoms with E-state index >= 15 is 0 Å². The van der Waals surface area contributed by atoms with E-state index in [1.54, 1.807) is 0 Å². The summed E-state index contributed by atoms with van der Waals surface area (Å²) in [6, 6.07) is 6.29. The summed E-state index contributed by atoms with van der Waals surface area (Å²) in [6.07, 6.45) is 13.2. The minimum absolute atomic E-state index is 0.000632. The van der Waals surface area contributed by atoms with Gasteiger partial charge in [0.1, 0.15) is 5.82 Å². The van der Waals surface area contributed by atoms with Crippen LogP contribution in [0.15, 0.2) is 18.2 Å². The number of esters is 1. The van der Waals surface area contributed by atoms with Crippen molar-refractivity contribution in [3.05, 3.63) is 24.0 Å². The van der Waals surface area contributed by atoms with Crippen molar-refractivity contribution in [2.24, 2.45) is 7.05 Å². The average Bonchev–Trinajstić information content (AvgIpc) is 3.15. The number of unbranched alkanes of at least 4 members (excludes halogenated alkanes) is 7. The van der Waals surface area contributed by atoms with Crippen LogP contribution in [0, 0.1) is 0 Å². The lowest BCUT2D eigenvalue weighted by Crippen LogP contribution is -2.27. The summed E-state index contributed by atoms with van der Waals surface area (Å²) in [5, 5.41) is 0. The lowest BCUT2D eigenvalue weighted by Gasteiger charge is -2.22. The molecule has 0 bridgehead atoms. The first-order valence-corrected chi connectivity index (χ1v) is 14.6. The smallest absolute Gasteiger partial charge is 0.306 e. The van der Waals surface area contributed by atoms with Gasteiger partial charge in [-0.2, -0.15) is 0 Å². The Bertz CT molecular complexity index is 865. The monoisotopic (exact) mass is 525 g/mol. The second-order valence-electron chi connectivity index (χ2n) is 9.54. The van der Waals surface area contributed by atoms with Gasteiger partial charge in [-0.15, -0.1) is 23.2 Å². The maximum absolute atomic E-state index is 12.3. The van der Waals surface area contributed by atoms with Crippen molar-refractivity contribution in [3.63, 3.8) is 0 Å². The molecule has 1 heterocycles. The summed E-state index contributed by atoms with van der Waals surface area (Å²) < 4.78 is 7.75. The molecule has 5 nitrogen and oxygen atoms in total. The largest absolute Gasteiger partial charge is 0.463 e. The Hall–Kier alpha value is -1.46. The molecule has 35 heavy (non-hydrogen) atoms. The van der Waals surface area contributed by atoms with Crippen LogP contribution in [0.5, 0.6) is 0 Å². The van der Waals surface area contributed by atoms with Gasteiger partial charge in [0.2, 0.25) is 0 Å². The molecule has 0 aliphatic heterocycles. The molecule has 2 rings (SSSR count). The first-order chi connectivity index (χ1) is 17.0. The summed E-state index contributed by atoms with van der Waals surface area (Å²) in [5.41, 5.74) is 3.12. The van der Waals surface area contributed by atoms with E-state index in [9.17, 15) is 4.79 Å². The number of nitrogens with zero attached hydrogens (tertiary/aromatic N) is 3. The van der Waals surface area contributed by atoms with Gasteiger partial charge in [-0.1, -0.05) is 51.9 Å². The van der Waals surface area contributed by atoms with Crippen molar-refractivity contribution >= 4 is 45.9 Å². The molecule has 0 aliphatic rings. The summed E-state index contributed by atoms with van der Waals surface area (Å²) >= 11 is 11.9. The van der Waals surface area contributed by atoms with E-state index in [4.69, 9.17) is 32.9 Å². The van der Waals surface area contributed by atoms with Crippen molar-refractivity contribution in [3.8, 4) is 0 Å². The zero-order chi connectivity index (χ0) is 25.5. The lowest BCUT2D eigenvalue weighted by molar-refractivity contribution is -0.148. The number of hydrogen-bond donors (Lipinski definition) is 0. The van der Waals surface area contributed by atoms with Crippen molar-refractivity contribution in [2.75, 3.05) is 29.7 Å². The molecule has 1 atom stereocenters. The van der Waals surface area contributed by atoms with Gasteiger partial charge >= 0.3 is 5.97 Å². The van der Waals surface area contributed by atoms with Gasteiger partial charge < -0.3 is 14.2 Å². The molecule has 0 amide bonds. The molecule has 198 valence electrons. The van der Waals surface area contributed by atoms with Gasteiger partial charge in [-0.05, 0) is 44.4 Å². The number of benzene rings is 1. The first-order valence-electron chi connectivity index (χ1n) is 13.5. The van der Waals surface area contributed by atoms with E-state index in [0.717, 1.165) is 61.3 Å². The number of fused-ring (bicyclic) bond motifs is 1. The number of aryl methyl sites for hydroxylation is 2. The van der Waals surface area contributed by atoms with Gasteiger partial charge in [-0.25, -0.2) is 4.98 Å². The van der Waals surface area contributed by atoms with Crippen molar-refractivity contribution in [1.82, 2.24) is 9.55 Å². The maximum Gasteiger partial charge on any atom is 0.306 e. The maximum atomic E-state index is 12.3. The summed E-state index contributed by atoms with van der Waals surface area (Å²) in [7, 11) is 2.03. The molecular weight excluding hydrogens is 481 g/mol. The van der Waals surface area contributed by atoms with E-state index < -0.39 is 0 Å². The van der Waals surface area contributed by atoms with E-state index in [1.807, 2.05) is 14.0 Å². The van der Waals surface area contributed by atoms with Crippen molar-refractivity contribution in [1.29, 1.82) is 0 Å². The number of halogens is 2. The highest BCUT2D eigenvalue weighted by Gasteiger charge is 2.13. The highest BCUT2D eigenvalue weighted by molar-refractivity contribution is 6.18. The van der Waals surface area contributed by atoms with Crippen molar-refractivity contribution < 1.29 is 9.53 Å². The number of alkyl halides is 2. The van der Waals surface area contributed by atoms with E-state index in [0.29, 0.717) is 18.2 Å². The van der Waals surface area contributed by atoms with Gasteiger partial charge in [0, 0.05) is 50.4 Å². The van der Waals surface area contributed by atoms with Crippen LogP contribution >= 0.6 is 23.2 Å². The molecule has 7 heteroatoms. The number of ether oxygens (including phenoxy) is 1. The number of imidazole rings is 1. The molecule has 1 aromatic heterocycles. The standard InChI is InChI=1S/C28H45Cl2N3O2/c1-4-5-6-7-8-9-10-11-13-23(2)35-28(34)15-12-14-27-31-25-22-24(16-17-26(25)32(27)3)33(20-18-29)21-19-30/h16-17,22-23H,4-15,18-21H2,1-3H3. The Balaban J connectivity index is 1.73. The number of anilines is 1. The van der Waals surface area contributed by atoms with Crippen LogP contribution in [0.2, 0.25) is 0 Å². The zero-order valence-electron chi connectivity index (χ0n) is 22.0. The number of hydrogen-bond acceptors (Lipinski definition) is 4. The van der Waals surface area contributed by atoms with Crippen molar-refractivity contribution in [2.45, 2.75) is 97.0 Å².